The monoisotopic (exact) mass is 333 g/mol. The molecule has 6 atom stereocenters. The molecule has 7 nitrogen and oxygen atoms in total. The molecule has 1 saturated heterocycles. The number of hydrogen-bond donors (Lipinski definition) is 4. The predicted octanol–water partition coefficient (Wildman–Crippen LogP) is -0.448. The van der Waals surface area contributed by atoms with Gasteiger partial charge in [-0.05, 0) is 25.7 Å². The Kier molecular flexibility index (Phi) is 7.16. The minimum Gasteiger partial charge on any atom is -0.394 e. The first-order valence-corrected chi connectivity index (χ1v) is 8.31. The molecule has 8 heteroatoms. The van der Waals surface area contributed by atoms with Gasteiger partial charge in [-0.1, -0.05) is 0 Å². The van der Waals surface area contributed by atoms with Crippen molar-refractivity contribution in [2.75, 3.05) is 13.2 Å². The van der Waals surface area contributed by atoms with Crippen molar-refractivity contribution in [3.05, 3.63) is 0 Å². The topological polar surface area (TPSA) is 120 Å². The molecule has 134 valence electrons. The van der Waals surface area contributed by atoms with E-state index >= 15 is 0 Å². The third-order valence-electron chi connectivity index (χ3n) is 4.34. The van der Waals surface area contributed by atoms with Crippen LogP contribution in [0.25, 0.3) is 0 Å². The average molecular weight is 333 g/mol. The van der Waals surface area contributed by atoms with Crippen molar-refractivity contribution in [3.63, 3.8) is 0 Å². The lowest BCUT2D eigenvalue weighted by Gasteiger charge is -2.34. The van der Waals surface area contributed by atoms with Gasteiger partial charge in [-0.3, -0.25) is 4.79 Å². The first-order chi connectivity index (χ1) is 11.0. The maximum atomic E-state index is 13.2. The Morgan fingerprint density at radius 2 is 2.17 bits per heavy atom. The van der Waals surface area contributed by atoms with Crippen molar-refractivity contribution in [2.24, 2.45) is 11.5 Å². The lowest BCUT2D eigenvalue weighted by molar-refractivity contribution is -0.175. The summed E-state index contributed by atoms with van der Waals surface area (Å²) >= 11 is 0. The zero-order valence-corrected chi connectivity index (χ0v) is 13.3. The zero-order chi connectivity index (χ0) is 16.8. The molecule has 23 heavy (non-hydrogen) atoms. The van der Waals surface area contributed by atoms with Crippen molar-refractivity contribution in [1.82, 2.24) is 5.32 Å². The highest BCUT2D eigenvalue weighted by Gasteiger charge is 2.33. The third kappa shape index (κ3) is 5.96. The highest BCUT2D eigenvalue weighted by Crippen LogP contribution is 2.27. The van der Waals surface area contributed by atoms with Crippen LogP contribution in [0.5, 0.6) is 0 Å². The van der Waals surface area contributed by atoms with E-state index in [1.54, 1.807) is 0 Å². The molecule has 0 bridgehead atoms. The molecule has 1 heterocycles. The molecule has 6 unspecified atom stereocenters. The van der Waals surface area contributed by atoms with Crippen LogP contribution in [0.15, 0.2) is 0 Å². The fourth-order valence-corrected chi connectivity index (χ4v) is 3.23. The van der Waals surface area contributed by atoms with E-state index in [4.69, 9.17) is 26.0 Å². The molecule has 1 aliphatic heterocycles. The Morgan fingerprint density at radius 1 is 1.39 bits per heavy atom. The van der Waals surface area contributed by atoms with E-state index < -0.39 is 6.17 Å². The van der Waals surface area contributed by atoms with Crippen molar-refractivity contribution < 1.29 is 23.8 Å². The summed E-state index contributed by atoms with van der Waals surface area (Å²) in [5, 5.41) is 11.9. The summed E-state index contributed by atoms with van der Waals surface area (Å²) in [6.07, 6.45) is 1.35. The SMILES string of the molecule is NCC(F)CC(=O)NC1CC(N)CC(OC2CCC(CO)O2)C1. The Labute approximate surface area is 135 Å². The van der Waals surface area contributed by atoms with E-state index in [2.05, 4.69) is 5.32 Å². The number of alkyl halides is 1. The van der Waals surface area contributed by atoms with Crippen LogP contribution in [-0.4, -0.2) is 60.9 Å². The van der Waals surface area contributed by atoms with E-state index in [-0.39, 0.29) is 56.1 Å². The summed E-state index contributed by atoms with van der Waals surface area (Å²) in [5.41, 5.74) is 11.2. The Bertz CT molecular complexity index is 388. The molecule has 0 aromatic heterocycles. The van der Waals surface area contributed by atoms with Crippen LogP contribution in [0.2, 0.25) is 0 Å². The van der Waals surface area contributed by atoms with Gasteiger partial charge in [0.25, 0.3) is 0 Å². The molecule has 1 amide bonds. The van der Waals surface area contributed by atoms with Crippen LogP contribution in [-0.2, 0) is 14.3 Å². The van der Waals surface area contributed by atoms with Crippen LogP contribution >= 0.6 is 0 Å². The number of halogens is 1. The van der Waals surface area contributed by atoms with Crippen molar-refractivity contribution in [3.8, 4) is 0 Å². The van der Waals surface area contributed by atoms with Crippen LogP contribution < -0.4 is 16.8 Å². The van der Waals surface area contributed by atoms with Gasteiger partial charge in [-0.15, -0.1) is 0 Å². The molecule has 0 spiro atoms. The third-order valence-corrected chi connectivity index (χ3v) is 4.34. The minimum absolute atomic E-state index is 0.00569. The molecule has 0 aromatic carbocycles. The number of hydrogen-bond acceptors (Lipinski definition) is 6. The minimum atomic E-state index is -1.32. The summed E-state index contributed by atoms with van der Waals surface area (Å²) in [6, 6.07) is -0.207. The fraction of sp³-hybridized carbons (Fsp3) is 0.933. The molecule has 2 rings (SSSR count). The van der Waals surface area contributed by atoms with Gasteiger partial charge in [0, 0.05) is 25.0 Å². The lowest BCUT2D eigenvalue weighted by Crippen LogP contribution is -2.48. The second-order valence-electron chi connectivity index (χ2n) is 6.47. The van der Waals surface area contributed by atoms with Crippen molar-refractivity contribution in [2.45, 2.75) is 75.3 Å². The Morgan fingerprint density at radius 3 is 2.83 bits per heavy atom. The van der Waals surface area contributed by atoms with Crippen LogP contribution in [0.1, 0.15) is 38.5 Å². The first-order valence-electron chi connectivity index (χ1n) is 8.31. The highest BCUT2D eigenvalue weighted by atomic mass is 19.1. The smallest absolute Gasteiger partial charge is 0.223 e. The van der Waals surface area contributed by atoms with Gasteiger partial charge in [-0.25, -0.2) is 4.39 Å². The highest BCUT2D eigenvalue weighted by molar-refractivity contribution is 5.76. The number of aliphatic hydroxyl groups excluding tert-OH is 1. The molecular weight excluding hydrogens is 305 g/mol. The van der Waals surface area contributed by atoms with E-state index in [0.717, 1.165) is 12.8 Å². The molecule has 0 radical (unpaired) electrons. The summed E-state index contributed by atoms with van der Waals surface area (Å²) < 4.78 is 24.6. The second kappa shape index (κ2) is 8.89. The van der Waals surface area contributed by atoms with Gasteiger partial charge >= 0.3 is 0 Å². The van der Waals surface area contributed by atoms with E-state index in [1.807, 2.05) is 0 Å². The van der Waals surface area contributed by atoms with Gasteiger partial charge in [-0.2, -0.15) is 0 Å². The number of carbonyl (C=O) groups is 1. The fourth-order valence-electron chi connectivity index (χ4n) is 3.23. The largest absolute Gasteiger partial charge is 0.394 e. The van der Waals surface area contributed by atoms with Gasteiger partial charge in [0.15, 0.2) is 6.29 Å². The molecular formula is C15H28FN3O4. The van der Waals surface area contributed by atoms with Gasteiger partial charge < -0.3 is 31.4 Å². The second-order valence-corrected chi connectivity index (χ2v) is 6.47. The van der Waals surface area contributed by atoms with Gasteiger partial charge in [0.1, 0.15) is 6.17 Å². The molecule has 2 aliphatic rings. The van der Waals surface area contributed by atoms with Crippen molar-refractivity contribution in [1.29, 1.82) is 0 Å². The van der Waals surface area contributed by atoms with Crippen LogP contribution in [0, 0.1) is 0 Å². The number of ether oxygens (including phenoxy) is 2. The molecule has 1 saturated carbocycles. The maximum Gasteiger partial charge on any atom is 0.223 e. The molecule has 2 fully saturated rings. The van der Waals surface area contributed by atoms with Gasteiger partial charge in [0.05, 0.1) is 25.2 Å². The van der Waals surface area contributed by atoms with Gasteiger partial charge in [0.2, 0.25) is 5.91 Å². The standard InChI is InChI=1S/C15H28FN3O4/c16-9(7-17)3-14(21)19-11-4-10(18)5-13(6-11)23-15-2-1-12(8-20)22-15/h9-13,15,20H,1-8,17-18H2,(H,19,21). The average Bonchev–Trinajstić information content (AvgIpc) is 2.93. The number of nitrogens with two attached hydrogens (primary N) is 2. The Hall–Kier alpha value is -0.800. The number of amides is 1. The summed E-state index contributed by atoms with van der Waals surface area (Å²) in [5.74, 6) is -0.349. The number of aliphatic hydroxyl groups is 1. The lowest BCUT2D eigenvalue weighted by atomic mass is 9.89. The van der Waals surface area contributed by atoms with E-state index in [1.165, 1.54) is 0 Å². The van der Waals surface area contributed by atoms with E-state index in [0.29, 0.717) is 19.3 Å². The maximum absolute atomic E-state index is 13.2. The van der Waals surface area contributed by atoms with Crippen LogP contribution in [0.3, 0.4) is 0 Å². The van der Waals surface area contributed by atoms with Crippen molar-refractivity contribution >= 4 is 5.91 Å². The van der Waals surface area contributed by atoms with Crippen LogP contribution in [0.4, 0.5) is 4.39 Å². The zero-order valence-electron chi connectivity index (χ0n) is 13.3. The predicted molar refractivity (Wildman–Crippen MR) is 82.2 cm³/mol. The normalized spacial score (nSPS) is 35.9. The van der Waals surface area contributed by atoms with E-state index in [9.17, 15) is 9.18 Å². The Balaban J connectivity index is 1.78. The number of rotatable bonds is 7. The molecule has 6 N–H and O–H groups in total. The first kappa shape index (κ1) is 18.5. The number of nitrogens with one attached hydrogen (secondary N) is 1. The molecule has 0 aromatic rings. The summed E-state index contributed by atoms with van der Waals surface area (Å²) in [6.45, 7) is -0.164. The summed E-state index contributed by atoms with van der Waals surface area (Å²) in [7, 11) is 0. The number of carbonyl (C=O) groups excluding carboxylic acids is 1. The molecule has 1 aliphatic carbocycles. The quantitative estimate of drug-likeness (QED) is 0.501. The summed E-state index contributed by atoms with van der Waals surface area (Å²) in [4.78, 5) is 11.8.